The molecule has 0 fully saturated rings. The van der Waals surface area contributed by atoms with Gasteiger partial charge in [-0.2, -0.15) is 0 Å². The van der Waals surface area contributed by atoms with E-state index in [1.807, 2.05) is 37.3 Å². The predicted octanol–water partition coefficient (Wildman–Crippen LogP) is 4.11. The van der Waals surface area contributed by atoms with Crippen LogP contribution in [0.2, 0.25) is 0 Å². The molecule has 0 heterocycles. The molecule has 0 saturated heterocycles. The van der Waals surface area contributed by atoms with E-state index in [9.17, 15) is 4.79 Å². The van der Waals surface area contributed by atoms with Gasteiger partial charge < -0.3 is 5.32 Å². The standard InChI is InChI=1S/C20H22N2O/c1-5-17-12-11-14(2)19(13-17)20(22-16(4)23)21-15(3)18-9-7-6-8-10-18/h6-13H,3,5H2,1-2,4H3,(H,21,22,23). The Morgan fingerprint density at radius 2 is 1.87 bits per heavy atom. The van der Waals surface area contributed by atoms with Gasteiger partial charge in [-0.25, -0.2) is 4.99 Å². The normalized spacial score (nSPS) is 11.2. The Morgan fingerprint density at radius 1 is 1.17 bits per heavy atom. The SMILES string of the molecule is C=C(/N=C(\NC(C)=O)c1cc(CC)ccc1C)c1ccccc1. The minimum Gasteiger partial charge on any atom is -0.310 e. The Morgan fingerprint density at radius 3 is 2.48 bits per heavy atom. The van der Waals surface area contributed by atoms with Crippen LogP contribution in [-0.4, -0.2) is 11.7 Å². The highest BCUT2D eigenvalue weighted by atomic mass is 16.1. The number of amides is 1. The number of aliphatic imine (C=N–C) groups is 1. The van der Waals surface area contributed by atoms with Gasteiger partial charge in [0.05, 0.1) is 5.70 Å². The van der Waals surface area contributed by atoms with Crippen molar-refractivity contribution in [3.05, 3.63) is 77.4 Å². The summed E-state index contributed by atoms with van der Waals surface area (Å²) in [6.07, 6.45) is 0.931. The summed E-state index contributed by atoms with van der Waals surface area (Å²) in [6.45, 7) is 9.63. The summed E-state index contributed by atoms with van der Waals surface area (Å²) in [6, 6.07) is 16.0. The molecule has 1 N–H and O–H groups in total. The molecule has 0 spiro atoms. The van der Waals surface area contributed by atoms with Crippen LogP contribution in [0.5, 0.6) is 0 Å². The number of carbonyl (C=O) groups excluding carboxylic acids is 1. The number of aryl methyl sites for hydroxylation is 2. The summed E-state index contributed by atoms with van der Waals surface area (Å²) in [4.78, 5) is 16.2. The van der Waals surface area contributed by atoms with Crippen molar-refractivity contribution in [2.75, 3.05) is 0 Å². The Bertz CT molecular complexity index is 745. The molecule has 23 heavy (non-hydrogen) atoms. The lowest BCUT2D eigenvalue weighted by Crippen LogP contribution is -2.29. The van der Waals surface area contributed by atoms with Crippen molar-refractivity contribution in [3.8, 4) is 0 Å². The van der Waals surface area contributed by atoms with Crippen LogP contribution in [-0.2, 0) is 11.2 Å². The van der Waals surface area contributed by atoms with E-state index in [0.717, 1.165) is 23.1 Å². The third-order valence-electron chi connectivity index (χ3n) is 3.61. The van der Waals surface area contributed by atoms with E-state index >= 15 is 0 Å². The average Bonchev–Trinajstić information content (AvgIpc) is 2.55. The molecule has 3 nitrogen and oxygen atoms in total. The molecule has 0 atom stereocenters. The van der Waals surface area contributed by atoms with Crippen molar-refractivity contribution in [1.82, 2.24) is 5.32 Å². The molecule has 0 radical (unpaired) electrons. The van der Waals surface area contributed by atoms with Gasteiger partial charge in [0.1, 0.15) is 5.84 Å². The second kappa shape index (κ2) is 7.54. The first kappa shape index (κ1) is 16.7. The molecule has 2 rings (SSSR count). The van der Waals surface area contributed by atoms with Crippen LogP contribution in [0.25, 0.3) is 5.70 Å². The molecule has 2 aromatic carbocycles. The first-order chi connectivity index (χ1) is 11.0. The molecule has 3 heteroatoms. The lowest BCUT2D eigenvalue weighted by Gasteiger charge is -2.13. The number of amidine groups is 1. The zero-order valence-electron chi connectivity index (χ0n) is 13.9. The molecule has 0 aliphatic heterocycles. The highest BCUT2D eigenvalue weighted by Gasteiger charge is 2.11. The van der Waals surface area contributed by atoms with Gasteiger partial charge in [-0.05, 0) is 36.1 Å². The Labute approximate surface area is 137 Å². The van der Waals surface area contributed by atoms with Gasteiger partial charge in [-0.3, -0.25) is 4.79 Å². The van der Waals surface area contributed by atoms with E-state index in [2.05, 4.69) is 42.0 Å². The van der Waals surface area contributed by atoms with Gasteiger partial charge in [0.2, 0.25) is 5.91 Å². The van der Waals surface area contributed by atoms with E-state index in [1.165, 1.54) is 12.5 Å². The van der Waals surface area contributed by atoms with Gasteiger partial charge in [0, 0.05) is 12.5 Å². The molecule has 0 aromatic heterocycles. The summed E-state index contributed by atoms with van der Waals surface area (Å²) in [5.74, 6) is 0.394. The van der Waals surface area contributed by atoms with Crippen LogP contribution in [0, 0.1) is 6.92 Å². The fourth-order valence-electron chi connectivity index (χ4n) is 2.30. The number of nitrogens with one attached hydrogen (secondary N) is 1. The third kappa shape index (κ3) is 4.39. The predicted molar refractivity (Wildman–Crippen MR) is 96.4 cm³/mol. The van der Waals surface area contributed by atoms with Crippen molar-refractivity contribution < 1.29 is 4.79 Å². The highest BCUT2D eigenvalue weighted by molar-refractivity contribution is 6.10. The topological polar surface area (TPSA) is 41.5 Å². The van der Waals surface area contributed by atoms with Crippen LogP contribution in [0.3, 0.4) is 0 Å². The molecule has 0 aliphatic rings. The van der Waals surface area contributed by atoms with Crippen molar-refractivity contribution in [3.63, 3.8) is 0 Å². The smallest absolute Gasteiger partial charge is 0.222 e. The molecule has 0 aliphatic carbocycles. The van der Waals surface area contributed by atoms with Crippen LogP contribution in [0.15, 0.2) is 60.1 Å². The average molecular weight is 306 g/mol. The Hall–Kier alpha value is -2.68. The lowest BCUT2D eigenvalue weighted by molar-refractivity contribution is -0.117. The summed E-state index contributed by atoms with van der Waals surface area (Å²) < 4.78 is 0. The van der Waals surface area contributed by atoms with Crippen LogP contribution >= 0.6 is 0 Å². The summed E-state index contributed by atoms with van der Waals surface area (Å²) in [5.41, 5.74) is 4.75. The van der Waals surface area contributed by atoms with Crippen molar-refractivity contribution in [2.45, 2.75) is 27.2 Å². The summed E-state index contributed by atoms with van der Waals surface area (Å²) in [7, 11) is 0. The largest absolute Gasteiger partial charge is 0.310 e. The van der Waals surface area contributed by atoms with Crippen LogP contribution in [0.4, 0.5) is 0 Å². The molecule has 118 valence electrons. The zero-order chi connectivity index (χ0) is 16.8. The zero-order valence-corrected chi connectivity index (χ0v) is 13.9. The first-order valence-electron chi connectivity index (χ1n) is 7.71. The van der Waals surface area contributed by atoms with Crippen molar-refractivity contribution >= 4 is 17.4 Å². The number of hydrogen-bond acceptors (Lipinski definition) is 2. The van der Waals surface area contributed by atoms with Gasteiger partial charge in [-0.1, -0.05) is 56.0 Å². The first-order valence-corrected chi connectivity index (χ1v) is 7.71. The number of nitrogens with zero attached hydrogens (tertiary/aromatic N) is 1. The Kier molecular flexibility index (Phi) is 5.47. The van der Waals surface area contributed by atoms with E-state index < -0.39 is 0 Å². The minimum absolute atomic E-state index is 0.147. The van der Waals surface area contributed by atoms with E-state index in [0.29, 0.717) is 11.5 Å². The molecule has 0 bridgehead atoms. The molecular formula is C20H22N2O. The fourth-order valence-corrected chi connectivity index (χ4v) is 2.30. The van der Waals surface area contributed by atoms with Crippen molar-refractivity contribution in [2.24, 2.45) is 4.99 Å². The van der Waals surface area contributed by atoms with Gasteiger partial charge in [0.25, 0.3) is 0 Å². The maximum absolute atomic E-state index is 11.6. The number of benzene rings is 2. The highest BCUT2D eigenvalue weighted by Crippen LogP contribution is 2.17. The molecular weight excluding hydrogens is 284 g/mol. The second-order valence-corrected chi connectivity index (χ2v) is 5.46. The summed E-state index contributed by atoms with van der Waals surface area (Å²) in [5, 5.41) is 2.84. The maximum atomic E-state index is 11.6. The maximum Gasteiger partial charge on any atom is 0.222 e. The van der Waals surface area contributed by atoms with Crippen LogP contribution in [0.1, 0.15) is 36.1 Å². The quantitative estimate of drug-likeness (QED) is 0.670. The number of hydrogen-bond donors (Lipinski definition) is 1. The van der Waals surface area contributed by atoms with Gasteiger partial charge in [-0.15, -0.1) is 0 Å². The molecule has 2 aromatic rings. The molecule has 0 saturated carbocycles. The Balaban J connectivity index is 2.47. The minimum atomic E-state index is -0.147. The third-order valence-corrected chi connectivity index (χ3v) is 3.61. The van der Waals surface area contributed by atoms with E-state index in [-0.39, 0.29) is 5.91 Å². The number of carbonyl (C=O) groups is 1. The van der Waals surface area contributed by atoms with E-state index in [4.69, 9.17) is 0 Å². The molecule has 0 unspecified atom stereocenters. The van der Waals surface area contributed by atoms with E-state index in [1.54, 1.807) is 0 Å². The van der Waals surface area contributed by atoms with Crippen LogP contribution < -0.4 is 5.32 Å². The molecule has 1 amide bonds. The monoisotopic (exact) mass is 306 g/mol. The number of rotatable bonds is 4. The summed E-state index contributed by atoms with van der Waals surface area (Å²) >= 11 is 0. The van der Waals surface area contributed by atoms with Crippen molar-refractivity contribution in [1.29, 1.82) is 0 Å². The second-order valence-electron chi connectivity index (χ2n) is 5.46. The lowest BCUT2D eigenvalue weighted by atomic mass is 10.0. The van der Waals surface area contributed by atoms with Gasteiger partial charge >= 0.3 is 0 Å². The van der Waals surface area contributed by atoms with Gasteiger partial charge in [0.15, 0.2) is 0 Å². The fraction of sp³-hybridized carbons (Fsp3) is 0.200.